The second-order valence-corrected chi connectivity index (χ2v) is 2.93. The van der Waals surface area contributed by atoms with Crippen LogP contribution in [0, 0.1) is 0 Å². The van der Waals surface area contributed by atoms with Crippen molar-refractivity contribution in [2.75, 3.05) is 12.8 Å². The van der Waals surface area contributed by atoms with Crippen LogP contribution >= 0.6 is 0 Å². The summed E-state index contributed by atoms with van der Waals surface area (Å²) in [6, 6.07) is 1.49. The molecule has 7 nitrogen and oxygen atoms in total. The monoisotopic (exact) mass is 219 g/mol. The summed E-state index contributed by atoms with van der Waals surface area (Å²) >= 11 is 0. The maximum absolute atomic E-state index is 11.4. The van der Waals surface area contributed by atoms with Gasteiger partial charge in [-0.15, -0.1) is 0 Å². The fourth-order valence-electron chi connectivity index (χ4n) is 1.25. The van der Waals surface area contributed by atoms with Crippen molar-refractivity contribution in [3.05, 3.63) is 30.5 Å². The molecule has 0 saturated carbocycles. The highest BCUT2D eigenvalue weighted by atomic mass is 16.5. The van der Waals surface area contributed by atoms with E-state index >= 15 is 0 Å². The molecular formula is C9H9N5O2. The Hall–Kier alpha value is -2.44. The van der Waals surface area contributed by atoms with Crippen LogP contribution in [0.3, 0.4) is 0 Å². The third-order valence-electron chi connectivity index (χ3n) is 2.01. The highest BCUT2D eigenvalue weighted by Gasteiger charge is 2.14. The quantitative estimate of drug-likeness (QED) is 0.716. The van der Waals surface area contributed by atoms with E-state index in [2.05, 4.69) is 19.8 Å². The Morgan fingerprint density at radius 1 is 1.56 bits per heavy atom. The normalized spacial score (nSPS) is 10.1. The zero-order valence-corrected chi connectivity index (χ0v) is 8.49. The van der Waals surface area contributed by atoms with Gasteiger partial charge in [0.15, 0.2) is 5.82 Å². The van der Waals surface area contributed by atoms with Crippen molar-refractivity contribution in [1.82, 2.24) is 19.7 Å². The number of rotatable bonds is 2. The number of esters is 1. The van der Waals surface area contributed by atoms with Gasteiger partial charge in [0.05, 0.1) is 18.4 Å². The van der Waals surface area contributed by atoms with Crippen LogP contribution in [0.25, 0.3) is 5.82 Å². The minimum Gasteiger partial charge on any atom is -0.465 e. The molecule has 2 aromatic heterocycles. The topological polar surface area (TPSA) is 95.9 Å². The fourth-order valence-corrected chi connectivity index (χ4v) is 1.25. The van der Waals surface area contributed by atoms with Crippen LogP contribution in [0.2, 0.25) is 0 Å². The lowest BCUT2D eigenvalue weighted by atomic mass is 10.2. The number of nitrogen functional groups attached to an aromatic ring is 1. The minimum absolute atomic E-state index is 0.208. The number of aromatic nitrogens is 4. The number of carbonyl (C=O) groups is 1. The van der Waals surface area contributed by atoms with Crippen molar-refractivity contribution in [1.29, 1.82) is 0 Å². The average molecular weight is 219 g/mol. The molecule has 0 aliphatic heterocycles. The summed E-state index contributed by atoms with van der Waals surface area (Å²) in [5.74, 6) is -0.165. The lowest BCUT2D eigenvalue weighted by molar-refractivity contribution is 0.0602. The average Bonchev–Trinajstić information content (AvgIpc) is 2.82. The van der Waals surface area contributed by atoms with E-state index in [1.54, 1.807) is 0 Å². The number of methoxy groups -OCH3 is 1. The Kier molecular flexibility index (Phi) is 2.50. The van der Waals surface area contributed by atoms with Gasteiger partial charge in [0, 0.05) is 6.20 Å². The van der Waals surface area contributed by atoms with Gasteiger partial charge in [-0.1, -0.05) is 0 Å². The van der Waals surface area contributed by atoms with Crippen LogP contribution in [-0.4, -0.2) is 32.8 Å². The number of nitrogens with two attached hydrogens (primary N) is 1. The van der Waals surface area contributed by atoms with Gasteiger partial charge in [0.25, 0.3) is 0 Å². The van der Waals surface area contributed by atoms with Gasteiger partial charge in [-0.3, -0.25) is 0 Å². The van der Waals surface area contributed by atoms with Crippen LogP contribution in [0.5, 0.6) is 0 Å². The van der Waals surface area contributed by atoms with E-state index in [0.717, 1.165) is 0 Å². The van der Waals surface area contributed by atoms with Gasteiger partial charge >= 0.3 is 5.97 Å². The lowest BCUT2D eigenvalue weighted by Gasteiger charge is -2.07. The first-order chi connectivity index (χ1) is 7.74. The standard InChI is InChI=1S/C9H9N5O2/c1-16-9(15)6-2-3-12-8(7(6)10)14-5-11-4-13-14/h2-5H,10H2,1H3. The van der Waals surface area contributed by atoms with E-state index < -0.39 is 5.97 Å². The first-order valence-corrected chi connectivity index (χ1v) is 4.42. The number of ether oxygens (including phenoxy) is 1. The van der Waals surface area contributed by atoms with Crippen molar-refractivity contribution in [3.8, 4) is 5.82 Å². The number of hydrogen-bond donors (Lipinski definition) is 1. The van der Waals surface area contributed by atoms with Crippen molar-refractivity contribution in [2.45, 2.75) is 0 Å². The smallest absolute Gasteiger partial charge is 0.340 e. The van der Waals surface area contributed by atoms with E-state index in [-0.39, 0.29) is 11.3 Å². The van der Waals surface area contributed by atoms with Crippen LogP contribution in [0.4, 0.5) is 5.69 Å². The molecular weight excluding hydrogens is 210 g/mol. The summed E-state index contributed by atoms with van der Waals surface area (Å²) in [4.78, 5) is 19.2. The third-order valence-corrected chi connectivity index (χ3v) is 2.01. The Bertz CT molecular complexity index is 509. The minimum atomic E-state index is -0.513. The molecule has 7 heteroatoms. The fraction of sp³-hybridized carbons (Fsp3) is 0.111. The summed E-state index contributed by atoms with van der Waals surface area (Å²) in [7, 11) is 1.29. The maximum atomic E-state index is 11.4. The van der Waals surface area contributed by atoms with Gasteiger partial charge in [0.2, 0.25) is 0 Å². The molecule has 0 atom stereocenters. The molecule has 2 rings (SSSR count). The first-order valence-electron chi connectivity index (χ1n) is 4.42. The molecule has 0 spiro atoms. The number of carbonyl (C=O) groups excluding carboxylic acids is 1. The molecule has 0 radical (unpaired) electrons. The molecule has 2 heterocycles. The second kappa shape index (κ2) is 3.97. The van der Waals surface area contributed by atoms with Crippen LogP contribution in [-0.2, 0) is 4.74 Å². The molecule has 0 saturated heterocycles. The van der Waals surface area contributed by atoms with E-state index in [4.69, 9.17) is 5.73 Å². The third kappa shape index (κ3) is 1.58. The van der Waals surface area contributed by atoms with Gasteiger partial charge < -0.3 is 10.5 Å². The van der Waals surface area contributed by atoms with Crippen LogP contribution < -0.4 is 5.73 Å². The van der Waals surface area contributed by atoms with Crippen molar-refractivity contribution in [3.63, 3.8) is 0 Å². The number of hydrogen-bond acceptors (Lipinski definition) is 6. The number of pyridine rings is 1. The van der Waals surface area contributed by atoms with Gasteiger partial charge in [-0.2, -0.15) is 5.10 Å². The maximum Gasteiger partial charge on any atom is 0.340 e. The Labute approximate surface area is 90.9 Å². The van der Waals surface area contributed by atoms with E-state index in [0.29, 0.717) is 5.82 Å². The molecule has 0 fully saturated rings. The predicted molar refractivity (Wildman–Crippen MR) is 54.9 cm³/mol. The molecule has 2 aromatic rings. The van der Waals surface area contributed by atoms with Crippen molar-refractivity contribution >= 4 is 11.7 Å². The summed E-state index contributed by atoms with van der Waals surface area (Å²) in [6.45, 7) is 0. The van der Waals surface area contributed by atoms with Gasteiger partial charge in [-0.05, 0) is 6.07 Å². The Balaban J connectivity index is 2.53. The second-order valence-electron chi connectivity index (χ2n) is 2.93. The Morgan fingerprint density at radius 2 is 2.38 bits per heavy atom. The summed E-state index contributed by atoms with van der Waals surface area (Å²) in [6.07, 6.45) is 4.26. The molecule has 0 amide bonds. The van der Waals surface area contributed by atoms with Crippen molar-refractivity contribution < 1.29 is 9.53 Å². The SMILES string of the molecule is COC(=O)c1ccnc(-n2cncn2)c1N. The zero-order chi connectivity index (χ0) is 11.5. The zero-order valence-electron chi connectivity index (χ0n) is 8.49. The molecule has 0 aliphatic rings. The van der Waals surface area contributed by atoms with Gasteiger partial charge in [-0.25, -0.2) is 19.4 Å². The Morgan fingerprint density at radius 3 is 3.00 bits per heavy atom. The summed E-state index contributed by atoms with van der Waals surface area (Å²) < 4.78 is 5.97. The van der Waals surface area contributed by atoms with Gasteiger partial charge in [0.1, 0.15) is 12.7 Å². The van der Waals surface area contributed by atoms with Crippen molar-refractivity contribution in [2.24, 2.45) is 0 Å². The van der Waals surface area contributed by atoms with E-state index in [1.807, 2.05) is 0 Å². The highest BCUT2D eigenvalue weighted by molar-refractivity contribution is 5.96. The summed E-state index contributed by atoms with van der Waals surface area (Å²) in [5.41, 5.74) is 6.26. The number of nitrogens with zero attached hydrogens (tertiary/aromatic N) is 4. The largest absolute Gasteiger partial charge is 0.465 e. The molecule has 16 heavy (non-hydrogen) atoms. The molecule has 82 valence electrons. The predicted octanol–water partition coefficient (Wildman–Crippen LogP) is 0.0311. The van der Waals surface area contributed by atoms with E-state index in [1.165, 1.54) is 36.7 Å². The highest BCUT2D eigenvalue weighted by Crippen LogP contribution is 2.18. The molecule has 0 aliphatic carbocycles. The van der Waals surface area contributed by atoms with Crippen LogP contribution in [0.1, 0.15) is 10.4 Å². The van der Waals surface area contributed by atoms with Crippen LogP contribution in [0.15, 0.2) is 24.9 Å². The molecule has 0 unspecified atom stereocenters. The molecule has 2 N–H and O–H groups in total. The lowest BCUT2D eigenvalue weighted by Crippen LogP contribution is -2.10. The first kappa shape index (κ1) is 10.1. The van der Waals surface area contributed by atoms with E-state index in [9.17, 15) is 4.79 Å². The number of anilines is 1. The summed E-state index contributed by atoms with van der Waals surface area (Å²) in [5, 5.41) is 3.88. The molecule has 0 aromatic carbocycles. The molecule has 0 bridgehead atoms.